The highest BCUT2D eigenvalue weighted by Gasteiger charge is 2.19. The summed E-state index contributed by atoms with van der Waals surface area (Å²) in [7, 11) is 3.53. The lowest BCUT2D eigenvalue weighted by Crippen LogP contribution is -2.44. The van der Waals surface area contributed by atoms with E-state index in [9.17, 15) is 9.59 Å². The van der Waals surface area contributed by atoms with E-state index in [4.69, 9.17) is 4.74 Å². The van der Waals surface area contributed by atoms with Crippen LogP contribution in [0.4, 0.5) is 11.4 Å². The molecule has 0 radical (unpaired) electrons. The van der Waals surface area contributed by atoms with Crippen molar-refractivity contribution in [3.05, 3.63) is 71.0 Å². The quantitative estimate of drug-likeness (QED) is 0.526. The van der Waals surface area contributed by atoms with E-state index in [0.717, 1.165) is 60.2 Å². The van der Waals surface area contributed by atoms with Crippen molar-refractivity contribution in [1.82, 2.24) is 14.7 Å². The molecule has 1 saturated heterocycles. The van der Waals surface area contributed by atoms with E-state index in [-0.39, 0.29) is 11.9 Å². The molecule has 0 atom stereocenters. The zero-order chi connectivity index (χ0) is 24.9. The van der Waals surface area contributed by atoms with Gasteiger partial charge in [-0.1, -0.05) is 12.1 Å². The van der Waals surface area contributed by atoms with Crippen LogP contribution in [0.3, 0.4) is 0 Å². The number of amides is 1. The van der Waals surface area contributed by atoms with Gasteiger partial charge < -0.3 is 19.9 Å². The zero-order valence-corrected chi connectivity index (χ0v) is 20.9. The average molecular weight is 476 g/mol. The third-order valence-corrected chi connectivity index (χ3v) is 6.62. The van der Waals surface area contributed by atoms with Crippen molar-refractivity contribution in [3.63, 3.8) is 0 Å². The van der Waals surface area contributed by atoms with Crippen molar-refractivity contribution in [1.29, 1.82) is 0 Å². The van der Waals surface area contributed by atoms with Crippen LogP contribution in [-0.4, -0.2) is 66.9 Å². The van der Waals surface area contributed by atoms with E-state index < -0.39 is 0 Å². The van der Waals surface area contributed by atoms with Gasteiger partial charge in [0.15, 0.2) is 0 Å². The first-order chi connectivity index (χ1) is 16.9. The number of para-hydroxylation sites is 2. The van der Waals surface area contributed by atoms with Crippen LogP contribution in [0.1, 0.15) is 33.7 Å². The van der Waals surface area contributed by atoms with Crippen LogP contribution in [0.5, 0.6) is 0 Å². The van der Waals surface area contributed by atoms with Crippen LogP contribution >= 0.6 is 0 Å². The van der Waals surface area contributed by atoms with E-state index in [1.54, 1.807) is 0 Å². The second-order valence-electron chi connectivity index (χ2n) is 8.95. The van der Waals surface area contributed by atoms with Gasteiger partial charge in [-0.25, -0.2) is 4.68 Å². The van der Waals surface area contributed by atoms with Crippen molar-refractivity contribution >= 4 is 23.3 Å². The highest BCUT2D eigenvalue weighted by atomic mass is 16.5. The first-order valence-electron chi connectivity index (χ1n) is 11.9. The Balaban J connectivity index is 1.48. The van der Waals surface area contributed by atoms with Crippen molar-refractivity contribution in [2.75, 3.05) is 50.6 Å². The molecule has 1 aliphatic heterocycles. The molecular weight excluding hydrogens is 442 g/mol. The maximum Gasteiger partial charge on any atom is 0.305 e. The van der Waals surface area contributed by atoms with Crippen LogP contribution in [0, 0.1) is 13.8 Å². The van der Waals surface area contributed by atoms with Gasteiger partial charge in [0, 0.05) is 43.9 Å². The van der Waals surface area contributed by atoms with Gasteiger partial charge in [0.2, 0.25) is 0 Å². The monoisotopic (exact) mass is 475 g/mol. The minimum atomic E-state index is -0.235. The summed E-state index contributed by atoms with van der Waals surface area (Å²) in [5.41, 5.74) is 6.21. The molecular formula is C27H33N5O3. The molecule has 1 aliphatic rings. The third-order valence-electron chi connectivity index (χ3n) is 6.62. The molecule has 3 aromatic rings. The standard InChI is InChI=1S/C27H33N5O3/c1-19-23(13-14-26(33)35-4)20(2)32(29-19)22-11-9-21(10-12-22)27(34)28-24-7-5-6-8-25(24)31-17-15-30(3)16-18-31/h5-12H,13-18H2,1-4H3,(H,28,34). The summed E-state index contributed by atoms with van der Waals surface area (Å²) in [5.74, 6) is -0.383. The predicted octanol–water partition coefficient (Wildman–Crippen LogP) is 3.60. The van der Waals surface area contributed by atoms with Crippen molar-refractivity contribution in [2.24, 2.45) is 0 Å². The number of carbonyl (C=O) groups excluding carboxylic acids is 2. The molecule has 8 heteroatoms. The van der Waals surface area contributed by atoms with Crippen molar-refractivity contribution < 1.29 is 14.3 Å². The summed E-state index contributed by atoms with van der Waals surface area (Å²) in [5, 5.41) is 7.74. The van der Waals surface area contributed by atoms with Gasteiger partial charge in [0.05, 0.1) is 29.9 Å². The van der Waals surface area contributed by atoms with E-state index in [1.807, 2.05) is 61.0 Å². The Hall–Kier alpha value is -3.65. The van der Waals surface area contributed by atoms with Gasteiger partial charge in [0.25, 0.3) is 5.91 Å². The molecule has 4 rings (SSSR count). The molecule has 0 spiro atoms. The van der Waals surface area contributed by atoms with Gasteiger partial charge in [-0.2, -0.15) is 5.10 Å². The number of likely N-dealkylation sites (N-methyl/N-ethyl adjacent to an activating group) is 1. The molecule has 2 heterocycles. The number of hydrogen-bond donors (Lipinski definition) is 1. The Morgan fingerprint density at radius 2 is 1.69 bits per heavy atom. The van der Waals surface area contributed by atoms with Crippen LogP contribution < -0.4 is 10.2 Å². The molecule has 1 aromatic heterocycles. The zero-order valence-electron chi connectivity index (χ0n) is 20.9. The van der Waals surface area contributed by atoms with Crippen LogP contribution in [0.15, 0.2) is 48.5 Å². The number of rotatable bonds is 7. The number of aromatic nitrogens is 2. The molecule has 1 amide bonds. The normalized spacial score (nSPS) is 14.1. The minimum absolute atomic E-state index is 0.148. The van der Waals surface area contributed by atoms with Crippen molar-refractivity contribution in [2.45, 2.75) is 26.7 Å². The number of carbonyl (C=O) groups is 2. The van der Waals surface area contributed by atoms with Gasteiger partial charge in [-0.3, -0.25) is 9.59 Å². The number of benzene rings is 2. The maximum atomic E-state index is 13.0. The number of aryl methyl sites for hydroxylation is 1. The van der Waals surface area contributed by atoms with Gasteiger partial charge in [-0.15, -0.1) is 0 Å². The Bertz CT molecular complexity index is 1190. The maximum absolute atomic E-state index is 13.0. The topological polar surface area (TPSA) is 79.7 Å². The average Bonchev–Trinajstić information content (AvgIpc) is 3.16. The molecule has 184 valence electrons. The van der Waals surface area contributed by atoms with E-state index in [1.165, 1.54) is 7.11 Å². The van der Waals surface area contributed by atoms with E-state index >= 15 is 0 Å². The van der Waals surface area contributed by atoms with Gasteiger partial charge in [0.1, 0.15) is 0 Å². The van der Waals surface area contributed by atoms with Crippen molar-refractivity contribution in [3.8, 4) is 5.69 Å². The first kappa shape index (κ1) is 24.5. The second-order valence-corrected chi connectivity index (χ2v) is 8.95. The highest BCUT2D eigenvalue weighted by molar-refractivity contribution is 6.06. The molecule has 2 aromatic carbocycles. The Labute approximate surface area is 206 Å². The molecule has 1 N–H and O–H groups in total. The molecule has 1 fully saturated rings. The lowest BCUT2D eigenvalue weighted by Gasteiger charge is -2.35. The largest absolute Gasteiger partial charge is 0.469 e. The Morgan fingerprint density at radius 3 is 2.37 bits per heavy atom. The predicted molar refractivity (Wildman–Crippen MR) is 137 cm³/mol. The summed E-state index contributed by atoms with van der Waals surface area (Å²) >= 11 is 0. The van der Waals surface area contributed by atoms with Gasteiger partial charge >= 0.3 is 5.97 Å². The fourth-order valence-corrected chi connectivity index (χ4v) is 4.47. The summed E-state index contributed by atoms with van der Waals surface area (Å²) in [6.45, 7) is 7.80. The van der Waals surface area contributed by atoms with Crippen LogP contribution in [0.25, 0.3) is 5.69 Å². The second kappa shape index (κ2) is 10.7. The smallest absolute Gasteiger partial charge is 0.305 e. The molecule has 0 aliphatic carbocycles. The number of esters is 1. The molecule has 35 heavy (non-hydrogen) atoms. The number of methoxy groups -OCH3 is 1. The summed E-state index contributed by atoms with van der Waals surface area (Å²) < 4.78 is 6.61. The molecule has 0 saturated carbocycles. The SMILES string of the molecule is COC(=O)CCc1c(C)nn(-c2ccc(C(=O)Nc3ccccc3N3CCN(C)CC3)cc2)c1C. The number of nitrogens with one attached hydrogen (secondary N) is 1. The highest BCUT2D eigenvalue weighted by Crippen LogP contribution is 2.27. The number of nitrogens with zero attached hydrogens (tertiary/aromatic N) is 4. The minimum Gasteiger partial charge on any atom is -0.469 e. The molecule has 8 nitrogen and oxygen atoms in total. The van der Waals surface area contributed by atoms with Gasteiger partial charge in [-0.05, 0) is 69.3 Å². The lowest BCUT2D eigenvalue weighted by molar-refractivity contribution is -0.140. The molecule has 0 unspecified atom stereocenters. The molecule has 0 bridgehead atoms. The lowest BCUT2D eigenvalue weighted by atomic mass is 10.1. The number of ether oxygens (including phenoxy) is 1. The number of piperazine rings is 1. The Morgan fingerprint density at radius 1 is 1.00 bits per heavy atom. The number of anilines is 2. The fourth-order valence-electron chi connectivity index (χ4n) is 4.47. The van der Waals surface area contributed by atoms with Crippen LogP contribution in [-0.2, 0) is 16.0 Å². The summed E-state index contributed by atoms with van der Waals surface area (Å²) in [4.78, 5) is 29.2. The third kappa shape index (κ3) is 5.54. The van der Waals surface area contributed by atoms with Crippen LogP contribution in [0.2, 0.25) is 0 Å². The fraction of sp³-hybridized carbons (Fsp3) is 0.370. The van der Waals surface area contributed by atoms with E-state index in [2.05, 4.69) is 33.3 Å². The van der Waals surface area contributed by atoms with E-state index in [0.29, 0.717) is 18.4 Å². The summed E-state index contributed by atoms with van der Waals surface area (Å²) in [6.07, 6.45) is 0.899. The summed E-state index contributed by atoms with van der Waals surface area (Å²) in [6, 6.07) is 15.4. The Kier molecular flexibility index (Phi) is 7.51. The first-order valence-corrected chi connectivity index (χ1v) is 11.9. The number of hydrogen-bond acceptors (Lipinski definition) is 6.